The molecular weight excluding hydrogens is 416 g/mol. The summed E-state index contributed by atoms with van der Waals surface area (Å²) in [5, 5.41) is 3.30. The fourth-order valence-corrected chi connectivity index (χ4v) is 3.95. The van der Waals surface area contributed by atoms with Crippen LogP contribution >= 0.6 is 0 Å². The van der Waals surface area contributed by atoms with Crippen LogP contribution in [0, 0.1) is 6.92 Å². The van der Waals surface area contributed by atoms with Crippen LogP contribution in [0.15, 0.2) is 67.3 Å². The number of nitrogens with one attached hydrogen (secondary N) is 1. The normalized spacial score (nSPS) is 14.4. The summed E-state index contributed by atoms with van der Waals surface area (Å²) in [6.45, 7) is 6.75. The lowest BCUT2D eigenvalue weighted by molar-refractivity contribution is 0.107. The number of hydrogen-bond donors (Lipinski definition) is 1. The van der Waals surface area contributed by atoms with Gasteiger partial charge in [-0.2, -0.15) is 4.98 Å². The van der Waals surface area contributed by atoms with E-state index < -0.39 is 0 Å². The van der Waals surface area contributed by atoms with E-state index in [1.807, 2.05) is 54.1 Å². The molecule has 0 bridgehead atoms. The molecule has 5 rings (SSSR count). The second-order valence-corrected chi connectivity index (χ2v) is 8.60. The number of benzene rings is 2. The molecule has 0 atom stereocenters. The van der Waals surface area contributed by atoms with Gasteiger partial charge in [0.05, 0.1) is 37.6 Å². The first-order chi connectivity index (χ1) is 15.9. The second kappa shape index (κ2) is 8.12. The van der Waals surface area contributed by atoms with Crippen LogP contribution in [-0.4, -0.2) is 38.8 Å². The molecule has 1 N–H and O–H groups in total. The summed E-state index contributed by atoms with van der Waals surface area (Å²) in [7, 11) is 1.65. The Labute approximate surface area is 192 Å². The fraction of sp³-hybridized carbons (Fsp3) is 0.240. The molecule has 0 aliphatic carbocycles. The van der Waals surface area contributed by atoms with Crippen molar-refractivity contribution in [3.05, 3.63) is 72.9 Å². The molecule has 0 radical (unpaired) electrons. The SMILES string of the molecule is COc1cc(Nc2ncc3c(n2)N(c2ccccc2)CC(C)(C)O3)ccc1-n1cnc(C)c1. The molecule has 0 unspecified atom stereocenters. The van der Waals surface area contributed by atoms with Crippen molar-refractivity contribution >= 4 is 23.1 Å². The Morgan fingerprint density at radius 1 is 1.09 bits per heavy atom. The van der Waals surface area contributed by atoms with Gasteiger partial charge in [-0.3, -0.25) is 0 Å². The van der Waals surface area contributed by atoms with Crippen molar-refractivity contribution < 1.29 is 9.47 Å². The maximum absolute atomic E-state index is 6.16. The first kappa shape index (κ1) is 20.8. The first-order valence-corrected chi connectivity index (χ1v) is 10.8. The summed E-state index contributed by atoms with van der Waals surface area (Å²) in [5.41, 5.74) is 3.35. The molecule has 4 aromatic rings. The minimum atomic E-state index is -0.365. The van der Waals surface area contributed by atoms with Gasteiger partial charge in [-0.1, -0.05) is 18.2 Å². The van der Waals surface area contributed by atoms with Crippen molar-refractivity contribution in [1.29, 1.82) is 0 Å². The molecule has 1 aliphatic rings. The number of fused-ring (bicyclic) bond motifs is 1. The molecule has 0 saturated carbocycles. The number of anilines is 4. The predicted molar refractivity (Wildman–Crippen MR) is 128 cm³/mol. The van der Waals surface area contributed by atoms with Crippen LogP contribution in [0.1, 0.15) is 19.5 Å². The third-order valence-electron chi connectivity index (χ3n) is 5.41. The molecule has 168 valence electrons. The topological polar surface area (TPSA) is 77.3 Å². The number of hydrogen-bond acceptors (Lipinski definition) is 7. The molecule has 1 aliphatic heterocycles. The Morgan fingerprint density at radius 2 is 1.91 bits per heavy atom. The molecule has 3 heterocycles. The summed E-state index contributed by atoms with van der Waals surface area (Å²) in [5.74, 6) is 2.58. The maximum Gasteiger partial charge on any atom is 0.229 e. The van der Waals surface area contributed by atoms with Crippen molar-refractivity contribution in [3.63, 3.8) is 0 Å². The van der Waals surface area contributed by atoms with E-state index in [1.54, 1.807) is 19.6 Å². The molecule has 8 nitrogen and oxygen atoms in total. The minimum Gasteiger partial charge on any atom is -0.494 e. The predicted octanol–water partition coefficient (Wildman–Crippen LogP) is 5.03. The van der Waals surface area contributed by atoms with Gasteiger partial charge in [-0.25, -0.2) is 9.97 Å². The third kappa shape index (κ3) is 4.19. The van der Waals surface area contributed by atoms with Crippen LogP contribution in [0.5, 0.6) is 11.5 Å². The van der Waals surface area contributed by atoms with E-state index in [2.05, 4.69) is 46.2 Å². The lowest BCUT2D eigenvalue weighted by Crippen LogP contribution is -2.45. The number of aromatic nitrogens is 4. The fourth-order valence-electron chi connectivity index (χ4n) is 3.95. The van der Waals surface area contributed by atoms with Crippen molar-refractivity contribution in [2.45, 2.75) is 26.4 Å². The maximum atomic E-state index is 6.16. The zero-order chi connectivity index (χ0) is 23.0. The van der Waals surface area contributed by atoms with Crippen LogP contribution in [0.25, 0.3) is 5.69 Å². The molecule has 2 aromatic heterocycles. The molecule has 0 fully saturated rings. The van der Waals surface area contributed by atoms with Crippen LogP contribution < -0.4 is 19.7 Å². The summed E-state index contributed by atoms with van der Waals surface area (Å²) in [4.78, 5) is 15.7. The second-order valence-electron chi connectivity index (χ2n) is 8.60. The van der Waals surface area contributed by atoms with Crippen molar-refractivity contribution in [3.8, 4) is 17.2 Å². The molecule has 8 heteroatoms. The smallest absolute Gasteiger partial charge is 0.229 e. The largest absolute Gasteiger partial charge is 0.494 e. The van der Waals surface area contributed by atoms with Gasteiger partial charge < -0.3 is 24.3 Å². The number of ether oxygens (including phenoxy) is 2. The number of methoxy groups -OCH3 is 1. The standard InChI is InChI=1S/C25H26N6O2/c1-17-14-30(16-27-17)20-11-10-18(12-21(20)32-4)28-24-26-13-22-23(29-24)31(15-25(2,3)33-22)19-8-6-5-7-9-19/h5-14,16H,15H2,1-4H3,(H,26,28,29). The van der Waals surface area contributed by atoms with Crippen molar-refractivity contribution in [2.75, 3.05) is 23.9 Å². The van der Waals surface area contributed by atoms with Gasteiger partial charge in [-0.15, -0.1) is 0 Å². The van der Waals surface area contributed by atoms with Crippen molar-refractivity contribution in [2.24, 2.45) is 0 Å². The highest BCUT2D eigenvalue weighted by Crippen LogP contribution is 2.40. The van der Waals surface area contributed by atoms with Crippen LogP contribution in [0.3, 0.4) is 0 Å². The molecule has 2 aromatic carbocycles. The monoisotopic (exact) mass is 442 g/mol. The number of aryl methyl sites for hydroxylation is 1. The van der Waals surface area contributed by atoms with Gasteiger partial charge in [0.1, 0.15) is 11.4 Å². The van der Waals surface area contributed by atoms with Gasteiger partial charge in [0, 0.05) is 23.6 Å². The Hall–Kier alpha value is -4.07. The summed E-state index contributed by atoms with van der Waals surface area (Å²) < 4.78 is 13.7. The zero-order valence-corrected chi connectivity index (χ0v) is 19.1. The third-order valence-corrected chi connectivity index (χ3v) is 5.41. The van der Waals surface area contributed by atoms with E-state index in [1.165, 1.54) is 0 Å². The van der Waals surface area contributed by atoms with Crippen LogP contribution in [0.4, 0.5) is 23.1 Å². The molecule has 0 amide bonds. The lowest BCUT2D eigenvalue weighted by atomic mass is 10.1. The quantitative estimate of drug-likeness (QED) is 0.464. The van der Waals surface area contributed by atoms with E-state index in [0.717, 1.165) is 28.6 Å². The molecule has 0 saturated heterocycles. The highest BCUT2D eigenvalue weighted by atomic mass is 16.5. The molecule has 0 spiro atoms. The van der Waals surface area contributed by atoms with E-state index in [9.17, 15) is 0 Å². The highest BCUT2D eigenvalue weighted by Gasteiger charge is 2.34. The average molecular weight is 443 g/mol. The Morgan fingerprint density at radius 3 is 2.64 bits per heavy atom. The minimum absolute atomic E-state index is 0.365. The molecular formula is C25H26N6O2. The Kier molecular flexibility index (Phi) is 5.12. The number of imidazole rings is 1. The van der Waals surface area contributed by atoms with E-state index in [4.69, 9.17) is 14.5 Å². The Bertz CT molecular complexity index is 1290. The average Bonchev–Trinajstić information content (AvgIpc) is 3.25. The Balaban J connectivity index is 1.47. The summed E-state index contributed by atoms with van der Waals surface area (Å²) in [6, 6.07) is 16.0. The van der Waals surface area contributed by atoms with Crippen LogP contribution in [-0.2, 0) is 0 Å². The highest BCUT2D eigenvalue weighted by molar-refractivity contribution is 5.69. The van der Waals surface area contributed by atoms with E-state index in [-0.39, 0.29) is 5.60 Å². The number of para-hydroxylation sites is 1. The summed E-state index contributed by atoms with van der Waals surface area (Å²) >= 11 is 0. The van der Waals surface area contributed by atoms with Gasteiger partial charge in [0.25, 0.3) is 0 Å². The van der Waals surface area contributed by atoms with Crippen molar-refractivity contribution in [1.82, 2.24) is 19.5 Å². The summed E-state index contributed by atoms with van der Waals surface area (Å²) in [6.07, 6.45) is 5.45. The number of nitrogens with zero attached hydrogens (tertiary/aromatic N) is 5. The first-order valence-electron chi connectivity index (χ1n) is 10.8. The number of rotatable bonds is 5. The van der Waals surface area contributed by atoms with E-state index >= 15 is 0 Å². The van der Waals surface area contributed by atoms with Gasteiger partial charge >= 0.3 is 0 Å². The van der Waals surface area contributed by atoms with Crippen LogP contribution in [0.2, 0.25) is 0 Å². The zero-order valence-electron chi connectivity index (χ0n) is 19.1. The van der Waals surface area contributed by atoms with E-state index in [0.29, 0.717) is 24.0 Å². The van der Waals surface area contributed by atoms with Gasteiger partial charge in [-0.05, 0) is 45.0 Å². The van der Waals surface area contributed by atoms with Gasteiger partial charge in [0.15, 0.2) is 11.6 Å². The molecule has 33 heavy (non-hydrogen) atoms. The lowest BCUT2D eigenvalue weighted by Gasteiger charge is -2.39. The van der Waals surface area contributed by atoms with Gasteiger partial charge in [0.2, 0.25) is 5.95 Å².